The Balaban J connectivity index is 1.48. The van der Waals surface area contributed by atoms with Gasteiger partial charge in [0.1, 0.15) is 17.0 Å². The Labute approximate surface area is 238 Å². The number of carboxylic acids is 1. The van der Waals surface area contributed by atoms with Gasteiger partial charge in [-0.1, -0.05) is 30.3 Å². The van der Waals surface area contributed by atoms with E-state index in [0.717, 1.165) is 16.9 Å². The summed E-state index contributed by atoms with van der Waals surface area (Å²) in [6.45, 7) is 3.43. The Morgan fingerprint density at radius 2 is 2.02 bits per heavy atom. The van der Waals surface area contributed by atoms with Crippen LogP contribution >= 0.6 is 11.3 Å². The van der Waals surface area contributed by atoms with Crippen molar-refractivity contribution in [3.63, 3.8) is 0 Å². The van der Waals surface area contributed by atoms with Gasteiger partial charge in [0, 0.05) is 48.3 Å². The molecule has 0 bridgehead atoms. The minimum absolute atomic E-state index is 0.0332. The van der Waals surface area contributed by atoms with Crippen LogP contribution in [0.2, 0.25) is 0 Å². The lowest BCUT2D eigenvalue weighted by atomic mass is 9.83. The number of rotatable bonds is 7. The number of halogens is 3. The molecule has 12 heteroatoms. The van der Waals surface area contributed by atoms with Gasteiger partial charge in [0.25, 0.3) is 0 Å². The number of hydrogen-bond acceptors (Lipinski definition) is 6. The molecule has 2 aliphatic heterocycles. The maximum absolute atomic E-state index is 14.0. The molecule has 2 aliphatic rings. The standard InChI is InChI=1S/C29H28F3N5O3S/c1-2-37-16-23(27(34-37)29(30,31)32)20-8-4-3-7-19(20)22-15-36(17-25-21(22)13-18(14-33)41-25)26(38)10-6-12-35-11-5-9-24(35)28(39)40/h3-4,6-8,10,13,16,22,24H,2,5,9,11-12,15,17H2,1H3,(H,39,40)/b10-6+/t22-,24?/m0/s1. The first kappa shape index (κ1) is 28.6. The van der Waals surface area contributed by atoms with E-state index >= 15 is 0 Å². The lowest BCUT2D eigenvalue weighted by molar-refractivity contribution is -0.142. The van der Waals surface area contributed by atoms with Crippen LogP contribution in [0.1, 0.15) is 52.3 Å². The average Bonchev–Trinajstić information content (AvgIpc) is 3.70. The van der Waals surface area contributed by atoms with E-state index in [1.807, 2.05) is 4.90 Å². The number of hydrogen-bond donors (Lipinski definition) is 1. The lowest BCUT2D eigenvalue weighted by Gasteiger charge is -2.33. The molecular formula is C29H28F3N5O3S. The molecule has 1 amide bonds. The predicted octanol–water partition coefficient (Wildman–Crippen LogP) is 5.10. The second kappa shape index (κ2) is 11.5. The van der Waals surface area contributed by atoms with E-state index in [-0.39, 0.29) is 31.1 Å². The van der Waals surface area contributed by atoms with Gasteiger partial charge in [0.2, 0.25) is 5.91 Å². The summed E-state index contributed by atoms with van der Waals surface area (Å²) in [6.07, 6.45) is 1.18. The first-order chi connectivity index (χ1) is 19.6. The molecule has 8 nitrogen and oxygen atoms in total. The summed E-state index contributed by atoms with van der Waals surface area (Å²) in [7, 11) is 0. The summed E-state index contributed by atoms with van der Waals surface area (Å²) < 4.78 is 43.3. The summed E-state index contributed by atoms with van der Waals surface area (Å²) in [5, 5.41) is 22.8. The molecule has 0 radical (unpaired) electrons. The van der Waals surface area contributed by atoms with Crippen molar-refractivity contribution < 1.29 is 27.9 Å². The molecule has 1 unspecified atom stereocenters. The van der Waals surface area contributed by atoms with Gasteiger partial charge < -0.3 is 10.0 Å². The summed E-state index contributed by atoms with van der Waals surface area (Å²) >= 11 is 1.27. The van der Waals surface area contributed by atoms with E-state index in [0.29, 0.717) is 35.5 Å². The van der Waals surface area contributed by atoms with Crippen LogP contribution in [-0.4, -0.2) is 62.2 Å². The summed E-state index contributed by atoms with van der Waals surface area (Å²) in [4.78, 5) is 29.5. The number of amides is 1. The number of carboxylic acid groups (broad SMARTS) is 1. The first-order valence-corrected chi connectivity index (χ1v) is 14.1. The third-order valence-electron chi connectivity index (χ3n) is 7.61. The van der Waals surface area contributed by atoms with Crippen LogP contribution in [0.5, 0.6) is 0 Å². The molecule has 1 N–H and O–H groups in total. The number of aryl methyl sites for hydroxylation is 1. The molecular weight excluding hydrogens is 555 g/mol. The summed E-state index contributed by atoms with van der Waals surface area (Å²) in [6, 6.07) is 10.2. The number of aliphatic carboxylic acids is 1. The number of nitriles is 1. The molecule has 1 aromatic carbocycles. The van der Waals surface area contributed by atoms with Crippen molar-refractivity contribution >= 4 is 23.2 Å². The van der Waals surface area contributed by atoms with Gasteiger partial charge >= 0.3 is 12.1 Å². The van der Waals surface area contributed by atoms with Crippen molar-refractivity contribution in [1.29, 1.82) is 5.26 Å². The van der Waals surface area contributed by atoms with E-state index < -0.39 is 29.8 Å². The molecule has 41 heavy (non-hydrogen) atoms. The van der Waals surface area contributed by atoms with Crippen LogP contribution in [0.15, 0.2) is 48.7 Å². The lowest BCUT2D eigenvalue weighted by Crippen LogP contribution is -2.38. The minimum Gasteiger partial charge on any atom is -0.480 e. The third kappa shape index (κ3) is 5.78. The van der Waals surface area contributed by atoms with Gasteiger partial charge in [-0.2, -0.15) is 23.5 Å². The number of carbonyl (C=O) groups excluding carboxylic acids is 1. The zero-order valence-corrected chi connectivity index (χ0v) is 23.1. The molecule has 2 atom stereocenters. The van der Waals surface area contributed by atoms with Crippen molar-refractivity contribution in [3.05, 3.63) is 75.3 Å². The average molecular weight is 584 g/mol. The van der Waals surface area contributed by atoms with Gasteiger partial charge in [-0.15, -0.1) is 11.3 Å². The predicted molar refractivity (Wildman–Crippen MR) is 146 cm³/mol. The normalized spacial score (nSPS) is 19.4. The molecule has 1 fully saturated rings. The molecule has 2 aromatic heterocycles. The molecule has 4 heterocycles. The van der Waals surface area contributed by atoms with Crippen molar-refractivity contribution in [2.24, 2.45) is 0 Å². The minimum atomic E-state index is -4.65. The van der Waals surface area contributed by atoms with Crippen LogP contribution in [-0.2, 0) is 28.9 Å². The number of alkyl halides is 3. The highest BCUT2D eigenvalue weighted by molar-refractivity contribution is 7.12. The van der Waals surface area contributed by atoms with Crippen LogP contribution in [0, 0.1) is 11.3 Å². The number of benzene rings is 1. The SMILES string of the molecule is CCn1cc(-c2ccccc2[C@@H]2CN(C(=O)/C=C/CN3CCCC3C(=O)O)Cc3sc(C#N)cc32)c(C(F)(F)F)n1. The molecule has 214 valence electrons. The second-order valence-corrected chi connectivity index (χ2v) is 11.2. The van der Waals surface area contributed by atoms with E-state index in [9.17, 15) is 33.1 Å². The summed E-state index contributed by atoms with van der Waals surface area (Å²) in [5.74, 6) is -1.63. The largest absolute Gasteiger partial charge is 0.480 e. The molecule has 5 rings (SSSR count). The van der Waals surface area contributed by atoms with Gasteiger partial charge in [-0.25, -0.2) is 0 Å². The van der Waals surface area contributed by atoms with E-state index in [2.05, 4.69) is 11.2 Å². The van der Waals surface area contributed by atoms with Gasteiger partial charge in [-0.3, -0.25) is 19.2 Å². The molecule has 0 spiro atoms. The van der Waals surface area contributed by atoms with E-state index in [1.165, 1.54) is 28.3 Å². The van der Waals surface area contributed by atoms with Crippen LogP contribution in [0.4, 0.5) is 13.2 Å². The number of nitrogens with zero attached hydrogens (tertiary/aromatic N) is 5. The number of thiophene rings is 1. The highest BCUT2D eigenvalue weighted by atomic mass is 32.1. The van der Waals surface area contributed by atoms with Crippen molar-refractivity contribution in [3.8, 4) is 17.2 Å². The van der Waals surface area contributed by atoms with E-state index in [4.69, 9.17) is 0 Å². The first-order valence-electron chi connectivity index (χ1n) is 13.3. The number of fused-ring (bicyclic) bond motifs is 1. The fourth-order valence-corrected chi connectivity index (χ4v) is 6.70. The third-order valence-corrected chi connectivity index (χ3v) is 8.65. The Bertz CT molecular complexity index is 1540. The van der Waals surface area contributed by atoms with Crippen molar-refractivity contribution in [2.45, 2.75) is 51.0 Å². The van der Waals surface area contributed by atoms with Crippen LogP contribution in [0.25, 0.3) is 11.1 Å². The van der Waals surface area contributed by atoms with Crippen molar-refractivity contribution in [2.75, 3.05) is 19.6 Å². The molecule has 1 saturated heterocycles. The zero-order chi connectivity index (χ0) is 29.3. The van der Waals surface area contributed by atoms with Gasteiger partial charge in [-0.05, 0) is 49.1 Å². The highest BCUT2D eigenvalue weighted by Crippen LogP contribution is 2.44. The Hall–Kier alpha value is -3.95. The Kier molecular flexibility index (Phi) is 8.02. The molecule has 3 aromatic rings. The fraction of sp³-hybridized carbons (Fsp3) is 0.379. The van der Waals surface area contributed by atoms with Crippen LogP contribution in [0.3, 0.4) is 0 Å². The quantitative estimate of drug-likeness (QED) is 0.389. The molecule has 0 saturated carbocycles. The van der Waals surface area contributed by atoms with Crippen LogP contribution < -0.4 is 0 Å². The Morgan fingerprint density at radius 3 is 2.73 bits per heavy atom. The Morgan fingerprint density at radius 1 is 1.24 bits per heavy atom. The second-order valence-electron chi connectivity index (χ2n) is 10.1. The highest BCUT2D eigenvalue weighted by Gasteiger charge is 2.39. The maximum atomic E-state index is 14.0. The topological polar surface area (TPSA) is 102 Å². The van der Waals surface area contributed by atoms with Gasteiger partial charge in [0.05, 0.1) is 6.54 Å². The van der Waals surface area contributed by atoms with Gasteiger partial charge in [0.15, 0.2) is 5.69 Å². The monoisotopic (exact) mass is 583 g/mol. The number of carbonyl (C=O) groups is 2. The smallest absolute Gasteiger partial charge is 0.435 e. The number of likely N-dealkylation sites (tertiary alicyclic amines) is 1. The number of aromatic nitrogens is 2. The maximum Gasteiger partial charge on any atom is 0.435 e. The van der Waals surface area contributed by atoms with Crippen molar-refractivity contribution in [1.82, 2.24) is 19.6 Å². The summed E-state index contributed by atoms with van der Waals surface area (Å²) in [5.41, 5.74) is 0.807. The molecule has 0 aliphatic carbocycles. The zero-order valence-electron chi connectivity index (χ0n) is 22.3. The fourth-order valence-electron chi connectivity index (χ4n) is 5.66. The van der Waals surface area contributed by atoms with E-state index in [1.54, 1.807) is 48.2 Å².